The molecular weight excluding hydrogens is 376 g/mol. The van der Waals surface area contributed by atoms with Gasteiger partial charge in [-0.2, -0.15) is 0 Å². The van der Waals surface area contributed by atoms with Crippen LogP contribution < -0.4 is 20.1 Å². The summed E-state index contributed by atoms with van der Waals surface area (Å²) in [4.78, 5) is 25.5. The lowest BCUT2D eigenvalue weighted by Crippen LogP contribution is -2.50. The Morgan fingerprint density at radius 2 is 1.92 bits per heavy atom. The maximum Gasteiger partial charge on any atom is 0.265 e. The van der Waals surface area contributed by atoms with Crippen LogP contribution in [0, 0.1) is 0 Å². The number of halogens is 1. The lowest BCUT2D eigenvalue weighted by atomic mass is 10.2. The summed E-state index contributed by atoms with van der Waals surface area (Å²) in [5, 5.41) is 0. The van der Waals surface area contributed by atoms with Crippen molar-refractivity contribution in [2.75, 3.05) is 18.1 Å². The van der Waals surface area contributed by atoms with Crippen LogP contribution in [-0.4, -0.2) is 31.1 Å². The summed E-state index contributed by atoms with van der Waals surface area (Å²) in [5.41, 5.74) is 5.93. The number of benzene rings is 2. The van der Waals surface area contributed by atoms with Crippen LogP contribution in [0.2, 0.25) is 0 Å². The van der Waals surface area contributed by atoms with Gasteiger partial charge >= 0.3 is 0 Å². The molecule has 0 saturated heterocycles. The smallest absolute Gasteiger partial charge is 0.265 e. The van der Waals surface area contributed by atoms with E-state index in [-0.39, 0.29) is 19.1 Å². The van der Waals surface area contributed by atoms with Crippen LogP contribution in [0.3, 0.4) is 0 Å². The zero-order valence-electron chi connectivity index (χ0n) is 12.6. The van der Waals surface area contributed by atoms with Crippen molar-refractivity contribution >= 4 is 33.4 Å². The molecule has 0 fully saturated rings. The van der Waals surface area contributed by atoms with Crippen molar-refractivity contribution in [3.8, 4) is 11.5 Å². The molecule has 2 amide bonds. The van der Waals surface area contributed by atoms with Gasteiger partial charge in [-0.25, -0.2) is 0 Å². The van der Waals surface area contributed by atoms with E-state index in [0.29, 0.717) is 17.2 Å². The molecule has 0 radical (unpaired) electrons. The third kappa shape index (κ3) is 3.35. The summed E-state index contributed by atoms with van der Waals surface area (Å²) in [6.07, 6.45) is -0.882. The normalized spacial score (nSPS) is 16.0. The van der Waals surface area contributed by atoms with E-state index in [1.807, 2.05) is 18.2 Å². The van der Waals surface area contributed by atoms with Gasteiger partial charge in [0.1, 0.15) is 11.5 Å². The van der Waals surface area contributed by atoms with E-state index in [1.54, 1.807) is 30.3 Å². The van der Waals surface area contributed by atoms with Gasteiger partial charge in [0, 0.05) is 0 Å². The lowest BCUT2D eigenvalue weighted by Gasteiger charge is -2.33. The maximum atomic E-state index is 12.6. The van der Waals surface area contributed by atoms with Crippen molar-refractivity contribution in [2.24, 2.45) is 5.73 Å². The molecule has 0 saturated carbocycles. The molecular formula is C17H15BrN2O4. The van der Waals surface area contributed by atoms with Gasteiger partial charge in [-0.1, -0.05) is 24.3 Å². The minimum atomic E-state index is -0.882. The third-order valence-electron chi connectivity index (χ3n) is 3.58. The van der Waals surface area contributed by atoms with E-state index < -0.39 is 12.0 Å². The number of carbonyl (C=O) groups is 2. The Morgan fingerprint density at radius 3 is 2.67 bits per heavy atom. The molecule has 1 atom stereocenters. The molecule has 2 aromatic carbocycles. The van der Waals surface area contributed by atoms with Gasteiger partial charge in [0.15, 0.2) is 12.7 Å². The Hall–Kier alpha value is -2.54. The second-order valence-corrected chi connectivity index (χ2v) is 6.05. The summed E-state index contributed by atoms with van der Waals surface area (Å²) >= 11 is 3.37. The minimum Gasteiger partial charge on any atom is -0.483 e. The molecule has 6 nitrogen and oxygen atoms in total. The molecule has 0 bridgehead atoms. The second kappa shape index (κ2) is 6.92. The van der Waals surface area contributed by atoms with E-state index in [2.05, 4.69) is 15.9 Å². The van der Waals surface area contributed by atoms with E-state index in [0.717, 1.165) is 4.47 Å². The lowest BCUT2D eigenvalue weighted by molar-refractivity contribution is -0.125. The van der Waals surface area contributed by atoms with Gasteiger partial charge in [-0.05, 0) is 40.2 Å². The summed E-state index contributed by atoms with van der Waals surface area (Å²) in [6.45, 7) is -0.104. The van der Waals surface area contributed by atoms with Gasteiger partial charge < -0.3 is 20.1 Å². The molecule has 0 aromatic heterocycles. The first-order valence-corrected chi connectivity index (χ1v) is 8.08. The van der Waals surface area contributed by atoms with Gasteiger partial charge in [0.2, 0.25) is 0 Å². The summed E-state index contributed by atoms with van der Waals surface area (Å²) in [6, 6.07) is 14.3. The quantitative estimate of drug-likeness (QED) is 0.866. The zero-order valence-corrected chi connectivity index (χ0v) is 14.2. The first-order valence-electron chi connectivity index (χ1n) is 7.29. The van der Waals surface area contributed by atoms with Crippen molar-refractivity contribution in [2.45, 2.75) is 6.10 Å². The molecule has 124 valence electrons. The molecule has 0 spiro atoms. The standard InChI is InChI=1S/C17H15BrN2O4/c18-11-5-1-3-7-13(11)23-10-16(21)20-9-15(17(19)22)24-14-8-4-2-6-12(14)20/h1-8,15H,9-10H2,(H2,19,22)/t15-/m0/s1. The number of carbonyl (C=O) groups excluding carboxylic acids is 2. The first-order chi connectivity index (χ1) is 11.6. The average Bonchev–Trinajstić information content (AvgIpc) is 2.59. The second-order valence-electron chi connectivity index (χ2n) is 5.20. The number of nitrogens with two attached hydrogens (primary N) is 1. The Balaban J connectivity index is 1.78. The molecule has 1 heterocycles. The fraction of sp³-hybridized carbons (Fsp3) is 0.176. The highest BCUT2D eigenvalue weighted by atomic mass is 79.9. The topological polar surface area (TPSA) is 81.9 Å². The number of fused-ring (bicyclic) bond motifs is 1. The summed E-state index contributed by atoms with van der Waals surface area (Å²) < 4.78 is 11.9. The number of nitrogens with zero attached hydrogens (tertiary/aromatic N) is 1. The average molecular weight is 391 g/mol. The number of hydrogen-bond acceptors (Lipinski definition) is 4. The SMILES string of the molecule is NC(=O)[C@@H]1CN(C(=O)COc2ccccc2Br)c2ccccc2O1. The Morgan fingerprint density at radius 1 is 1.21 bits per heavy atom. The third-order valence-corrected chi connectivity index (χ3v) is 4.23. The van der Waals surface area contributed by atoms with Gasteiger partial charge in [-0.3, -0.25) is 9.59 Å². The fourth-order valence-corrected chi connectivity index (χ4v) is 2.80. The summed E-state index contributed by atoms with van der Waals surface area (Å²) in [5.74, 6) is 0.113. The van der Waals surface area contributed by atoms with Crippen LogP contribution in [-0.2, 0) is 9.59 Å². The van der Waals surface area contributed by atoms with Crippen molar-refractivity contribution in [3.63, 3.8) is 0 Å². The van der Waals surface area contributed by atoms with Crippen LogP contribution in [0.4, 0.5) is 5.69 Å². The number of amides is 2. The maximum absolute atomic E-state index is 12.6. The highest BCUT2D eigenvalue weighted by molar-refractivity contribution is 9.10. The molecule has 0 unspecified atom stereocenters. The molecule has 2 aromatic rings. The van der Waals surface area contributed by atoms with Gasteiger partial charge in [-0.15, -0.1) is 0 Å². The van der Waals surface area contributed by atoms with Crippen LogP contribution in [0.1, 0.15) is 0 Å². The fourth-order valence-electron chi connectivity index (χ4n) is 2.40. The predicted octanol–water partition coefficient (Wildman–Crippen LogP) is 2.11. The van der Waals surface area contributed by atoms with Gasteiger partial charge in [0.25, 0.3) is 11.8 Å². The number of anilines is 1. The van der Waals surface area contributed by atoms with Crippen molar-refractivity contribution < 1.29 is 19.1 Å². The van der Waals surface area contributed by atoms with Crippen molar-refractivity contribution in [1.29, 1.82) is 0 Å². The molecule has 24 heavy (non-hydrogen) atoms. The number of primary amides is 1. The molecule has 3 rings (SSSR count). The van der Waals surface area contributed by atoms with E-state index in [1.165, 1.54) is 4.90 Å². The predicted molar refractivity (Wildman–Crippen MR) is 92.0 cm³/mol. The highest BCUT2D eigenvalue weighted by Crippen LogP contribution is 2.33. The number of hydrogen-bond donors (Lipinski definition) is 1. The van der Waals surface area contributed by atoms with Crippen molar-refractivity contribution in [3.05, 3.63) is 53.0 Å². The van der Waals surface area contributed by atoms with E-state index in [4.69, 9.17) is 15.2 Å². The highest BCUT2D eigenvalue weighted by Gasteiger charge is 2.32. The molecule has 0 aliphatic carbocycles. The Bertz CT molecular complexity index is 781. The Kier molecular flexibility index (Phi) is 4.71. The number of para-hydroxylation sites is 3. The first kappa shape index (κ1) is 16.3. The van der Waals surface area contributed by atoms with E-state index in [9.17, 15) is 9.59 Å². The van der Waals surface area contributed by atoms with Crippen molar-refractivity contribution in [1.82, 2.24) is 0 Å². The molecule has 2 N–H and O–H groups in total. The Labute approximate surface area is 147 Å². The monoisotopic (exact) mass is 390 g/mol. The van der Waals surface area contributed by atoms with Crippen LogP contribution in [0.15, 0.2) is 53.0 Å². The molecule has 7 heteroatoms. The summed E-state index contributed by atoms with van der Waals surface area (Å²) in [7, 11) is 0. The largest absolute Gasteiger partial charge is 0.483 e. The van der Waals surface area contributed by atoms with Gasteiger partial charge in [0.05, 0.1) is 16.7 Å². The molecule has 1 aliphatic rings. The number of ether oxygens (including phenoxy) is 2. The van der Waals surface area contributed by atoms with E-state index >= 15 is 0 Å². The zero-order chi connectivity index (χ0) is 17.1. The number of rotatable bonds is 4. The van der Waals surface area contributed by atoms with Crippen LogP contribution in [0.25, 0.3) is 0 Å². The van der Waals surface area contributed by atoms with Crippen LogP contribution >= 0.6 is 15.9 Å². The van der Waals surface area contributed by atoms with Crippen LogP contribution in [0.5, 0.6) is 11.5 Å². The minimum absolute atomic E-state index is 0.0600. The molecule has 1 aliphatic heterocycles.